The molecule has 1 fully saturated rings. The molecule has 1 atom stereocenters. The van der Waals surface area contributed by atoms with Gasteiger partial charge in [-0.2, -0.15) is 0 Å². The zero-order chi connectivity index (χ0) is 29.7. The lowest BCUT2D eigenvalue weighted by Crippen LogP contribution is -2.43. The SMILES string of the molecule is CC.CC[C@H](C)n1cc(C)c2c(C(=O)NCc3c(C)cc(C)[nH]c3=O)cc(-c3ccc(N4CCNCC4)nc3)cc21. The van der Waals surface area contributed by atoms with Crippen LogP contribution in [0.3, 0.4) is 0 Å². The first-order chi connectivity index (χ1) is 19.8. The number of benzene rings is 1. The number of aromatic amines is 1. The Kier molecular flexibility index (Phi) is 9.65. The molecule has 1 amide bonds. The van der Waals surface area contributed by atoms with Crippen LogP contribution in [0.4, 0.5) is 5.82 Å². The Morgan fingerprint density at radius 1 is 1.05 bits per heavy atom. The van der Waals surface area contributed by atoms with Gasteiger partial charge in [-0.05, 0) is 81.1 Å². The number of hydrogen-bond donors (Lipinski definition) is 3. The maximum atomic E-state index is 13.7. The van der Waals surface area contributed by atoms with Crippen molar-refractivity contribution in [3.05, 3.63) is 81.0 Å². The van der Waals surface area contributed by atoms with Crippen LogP contribution in [0, 0.1) is 20.8 Å². The van der Waals surface area contributed by atoms with E-state index in [1.807, 2.05) is 46.0 Å². The van der Waals surface area contributed by atoms with Gasteiger partial charge in [0.05, 0.1) is 0 Å². The van der Waals surface area contributed by atoms with Crippen molar-refractivity contribution in [3.8, 4) is 11.1 Å². The number of amides is 1. The molecule has 4 aromatic rings. The van der Waals surface area contributed by atoms with Crippen LogP contribution < -0.4 is 21.1 Å². The van der Waals surface area contributed by atoms with Crippen molar-refractivity contribution in [1.29, 1.82) is 0 Å². The third kappa shape index (κ3) is 6.38. The molecule has 0 radical (unpaired) electrons. The largest absolute Gasteiger partial charge is 0.354 e. The Morgan fingerprint density at radius 3 is 2.41 bits per heavy atom. The summed E-state index contributed by atoms with van der Waals surface area (Å²) in [4.78, 5) is 36.1. The van der Waals surface area contributed by atoms with E-state index >= 15 is 0 Å². The average Bonchev–Trinajstić information content (AvgIpc) is 3.33. The zero-order valence-electron chi connectivity index (χ0n) is 25.5. The van der Waals surface area contributed by atoms with Crippen LogP contribution in [0.25, 0.3) is 22.0 Å². The number of carbonyl (C=O) groups excluding carboxylic acids is 1. The van der Waals surface area contributed by atoms with E-state index in [9.17, 15) is 9.59 Å². The van der Waals surface area contributed by atoms with Gasteiger partial charge in [0, 0.05) is 84.4 Å². The van der Waals surface area contributed by atoms with Crippen molar-refractivity contribution in [1.82, 2.24) is 25.2 Å². The lowest BCUT2D eigenvalue weighted by molar-refractivity contribution is 0.0952. The van der Waals surface area contributed by atoms with Crippen molar-refractivity contribution in [2.24, 2.45) is 0 Å². The average molecular weight is 557 g/mol. The molecule has 3 N–H and O–H groups in total. The van der Waals surface area contributed by atoms with Crippen molar-refractivity contribution in [2.45, 2.75) is 67.5 Å². The number of hydrogen-bond acceptors (Lipinski definition) is 5. The second kappa shape index (κ2) is 13.2. The minimum Gasteiger partial charge on any atom is -0.354 e. The Morgan fingerprint density at radius 2 is 1.78 bits per heavy atom. The predicted molar refractivity (Wildman–Crippen MR) is 169 cm³/mol. The van der Waals surface area contributed by atoms with E-state index in [1.165, 1.54) is 0 Å². The van der Waals surface area contributed by atoms with E-state index in [0.29, 0.717) is 11.1 Å². The summed E-state index contributed by atoms with van der Waals surface area (Å²) in [6.07, 6.45) is 5.02. The number of pyridine rings is 2. The molecular formula is C33H44N6O2. The van der Waals surface area contributed by atoms with E-state index in [2.05, 4.69) is 70.3 Å². The van der Waals surface area contributed by atoms with Crippen LogP contribution in [0.2, 0.25) is 0 Å². The maximum absolute atomic E-state index is 13.7. The summed E-state index contributed by atoms with van der Waals surface area (Å²) in [6.45, 7) is 18.1. The summed E-state index contributed by atoms with van der Waals surface area (Å²) >= 11 is 0. The summed E-state index contributed by atoms with van der Waals surface area (Å²) in [5.74, 6) is 0.772. The highest BCUT2D eigenvalue weighted by atomic mass is 16.1. The van der Waals surface area contributed by atoms with Gasteiger partial charge >= 0.3 is 0 Å². The number of carbonyl (C=O) groups is 1. The lowest BCUT2D eigenvalue weighted by atomic mass is 9.98. The third-order valence-corrected chi connectivity index (χ3v) is 7.87. The molecule has 0 unspecified atom stereocenters. The molecule has 218 valence electrons. The Labute approximate surface area is 243 Å². The maximum Gasteiger partial charge on any atom is 0.253 e. The molecule has 1 aliphatic heterocycles. The third-order valence-electron chi connectivity index (χ3n) is 7.87. The quantitative estimate of drug-likeness (QED) is 0.273. The minimum absolute atomic E-state index is 0.165. The van der Waals surface area contributed by atoms with Crippen molar-refractivity contribution in [2.75, 3.05) is 31.1 Å². The first kappa shape index (κ1) is 30.1. The molecular weight excluding hydrogens is 512 g/mol. The molecule has 0 bridgehead atoms. The second-order valence-electron chi connectivity index (χ2n) is 10.7. The van der Waals surface area contributed by atoms with Crippen LogP contribution in [0.5, 0.6) is 0 Å². The summed E-state index contributed by atoms with van der Waals surface area (Å²) in [7, 11) is 0. The molecule has 8 nitrogen and oxygen atoms in total. The van der Waals surface area contributed by atoms with Crippen LogP contribution in [0.15, 0.2) is 47.5 Å². The molecule has 1 aromatic carbocycles. The van der Waals surface area contributed by atoms with Gasteiger partial charge < -0.3 is 25.1 Å². The highest BCUT2D eigenvalue weighted by Crippen LogP contribution is 2.34. The number of rotatable bonds is 7. The molecule has 0 saturated carbocycles. The monoisotopic (exact) mass is 556 g/mol. The van der Waals surface area contributed by atoms with E-state index < -0.39 is 0 Å². The van der Waals surface area contributed by atoms with Gasteiger partial charge in [0.1, 0.15) is 5.82 Å². The number of piperazine rings is 1. The number of aromatic nitrogens is 3. The molecule has 1 aliphatic rings. The molecule has 0 aliphatic carbocycles. The molecule has 4 heterocycles. The summed E-state index contributed by atoms with van der Waals surface area (Å²) in [5.41, 5.74) is 6.67. The molecule has 41 heavy (non-hydrogen) atoms. The summed E-state index contributed by atoms with van der Waals surface area (Å²) in [6, 6.07) is 10.5. The lowest BCUT2D eigenvalue weighted by Gasteiger charge is -2.28. The fourth-order valence-corrected chi connectivity index (χ4v) is 5.50. The fraction of sp³-hybridized carbons (Fsp3) is 0.424. The van der Waals surface area contributed by atoms with Crippen LogP contribution in [-0.2, 0) is 6.54 Å². The first-order valence-electron chi connectivity index (χ1n) is 14.8. The minimum atomic E-state index is -0.198. The van der Waals surface area contributed by atoms with Gasteiger partial charge in [0.2, 0.25) is 0 Å². The van der Waals surface area contributed by atoms with E-state index in [1.54, 1.807) is 0 Å². The molecule has 1 saturated heterocycles. The fourth-order valence-electron chi connectivity index (χ4n) is 5.50. The van der Waals surface area contributed by atoms with E-state index in [0.717, 1.165) is 77.3 Å². The van der Waals surface area contributed by atoms with Gasteiger partial charge in [-0.3, -0.25) is 9.59 Å². The first-order valence-corrected chi connectivity index (χ1v) is 14.8. The summed E-state index contributed by atoms with van der Waals surface area (Å²) < 4.78 is 2.27. The van der Waals surface area contributed by atoms with Crippen LogP contribution >= 0.6 is 0 Å². The van der Waals surface area contributed by atoms with Gasteiger partial charge in [-0.1, -0.05) is 20.8 Å². The van der Waals surface area contributed by atoms with Crippen molar-refractivity contribution >= 4 is 22.6 Å². The molecule has 3 aromatic heterocycles. The summed E-state index contributed by atoms with van der Waals surface area (Å²) in [5, 5.41) is 7.34. The molecule has 5 rings (SSSR count). The number of aryl methyl sites for hydroxylation is 3. The van der Waals surface area contributed by atoms with Gasteiger partial charge in [-0.25, -0.2) is 4.98 Å². The number of anilines is 1. The normalized spacial score (nSPS) is 14.0. The smallest absolute Gasteiger partial charge is 0.253 e. The Balaban J connectivity index is 0.00000189. The number of H-pyrrole nitrogens is 1. The Bertz CT molecular complexity index is 1560. The second-order valence-corrected chi connectivity index (χ2v) is 10.7. The molecule has 8 heteroatoms. The highest BCUT2D eigenvalue weighted by molar-refractivity contribution is 6.09. The standard InChI is InChI=1S/C31H38N6O2.C2H6/c1-6-22(5)37-18-20(3)29-25(30(38)34-17-26-19(2)13-21(4)35-31(26)39)14-24(15-27(29)37)23-7-8-28(33-16-23)36-11-9-32-10-12-36;1-2/h7-8,13-16,18,22,32H,6,9-12,17H2,1-5H3,(H,34,38)(H,35,39);1-2H3/t22-;/m0./s1. The Hall–Kier alpha value is -3.91. The van der Waals surface area contributed by atoms with Gasteiger partial charge in [0.15, 0.2) is 0 Å². The highest BCUT2D eigenvalue weighted by Gasteiger charge is 2.20. The van der Waals surface area contributed by atoms with Gasteiger partial charge in [0.25, 0.3) is 11.5 Å². The number of nitrogens with one attached hydrogen (secondary N) is 3. The molecule has 0 spiro atoms. The number of nitrogens with zero attached hydrogens (tertiary/aromatic N) is 3. The zero-order valence-corrected chi connectivity index (χ0v) is 25.5. The number of fused-ring (bicyclic) bond motifs is 1. The predicted octanol–water partition coefficient (Wildman–Crippen LogP) is 5.65. The topological polar surface area (TPSA) is 95.0 Å². The van der Waals surface area contributed by atoms with Gasteiger partial charge in [-0.15, -0.1) is 0 Å². The van der Waals surface area contributed by atoms with E-state index in [4.69, 9.17) is 4.98 Å². The van der Waals surface area contributed by atoms with Crippen molar-refractivity contribution in [3.63, 3.8) is 0 Å². The van der Waals surface area contributed by atoms with Crippen LogP contribution in [-0.4, -0.2) is 46.6 Å². The van der Waals surface area contributed by atoms with Crippen molar-refractivity contribution < 1.29 is 4.79 Å². The van der Waals surface area contributed by atoms with Crippen LogP contribution in [0.1, 0.15) is 72.9 Å². The van der Waals surface area contributed by atoms with E-state index in [-0.39, 0.29) is 24.1 Å².